The molecule has 2 heterocycles. The van der Waals surface area contributed by atoms with Crippen molar-refractivity contribution in [3.8, 4) is 0 Å². The molecule has 7 amide bonds. The predicted molar refractivity (Wildman–Crippen MR) is 208 cm³/mol. The van der Waals surface area contributed by atoms with Gasteiger partial charge in [0.1, 0.15) is 12.1 Å². The molecule has 1 spiro atoms. The van der Waals surface area contributed by atoms with E-state index in [1.807, 2.05) is 27.7 Å². The molecule has 2 aliphatic heterocycles. The summed E-state index contributed by atoms with van der Waals surface area (Å²) < 4.78 is 0. The van der Waals surface area contributed by atoms with E-state index in [4.69, 9.17) is 0 Å². The van der Waals surface area contributed by atoms with Gasteiger partial charge < -0.3 is 26.2 Å². The van der Waals surface area contributed by atoms with Crippen molar-refractivity contribution in [2.45, 2.75) is 148 Å². The number of carbonyl (C=O) groups excluding carboxylic acids is 7. The second kappa shape index (κ2) is 17.4. The minimum atomic E-state index is -1.03. The molecule has 13 heteroatoms. The van der Waals surface area contributed by atoms with Crippen LogP contribution in [0.15, 0.2) is 25.3 Å². The van der Waals surface area contributed by atoms with Crippen LogP contribution in [0.4, 0.5) is 4.79 Å². The van der Waals surface area contributed by atoms with E-state index in [0.717, 1.165) is 57.8 Å². The normalized spacial score (nSPS) is 25.1. The number of rotatable bonds is 15. The Hall–Kier alpha value is -4.03. The van der Waals surface area contributed by atoms with Crippen LogP contribution in [0.2, 0.25) is 0 Å². The Morgan fingerprint density at radius 2 is 1.51 bits per heavy atom. The molecular formula is C42H64N6O7. The monoisotopic (exact) mass is 764 g/mol. The standard InChI is InChI=1S/C42H64N6O7/c1-7-20-43-37(53)34(51)29(21-28-14-15-28)44-36(52)30-22-27(8-2)25-47(30)38(54)35(41(6)16-10-9-11-17-41)46-39(55)45-31(40(3,4)5)26-48-32(49)23-42(24-33(48)50)18-12-13-19-42/h7-8,27-31,35H,1-2,9-26H2,3-6H3,(H,43,53)(H,44,52)(H2,45,46,55)/t27-,29?,30+,31-,35-/m1/s1. The molecule has 5 rings (SSSR count). The molecule has 3 saturated carbocycles. The number of hydrogen-bond acceptors (Lipinski definition) is 7. The number of ketones is 1. The molecule has 0 aromatic heterocycles. The summed E-state index contributed by atoms with van der Waals surface area (Å²) in [6.07, 6.45) is 14.3. The summed E-state index contributed by atoms with van der Waals surface area (Å²) in [7, 11) is 0. The molecular weight excluding hydrogens is 700 g/mol. The molecule has 0 radical (unpaired) electrons. The lowest BCUT2D eigenvalue weighted by molar-refractivity contribution is -0.154. The number of imide groups is 1. The summed E-state index contributed by atoms with van der Waals surface area (Å²) >= 11 is 0. The van der Waals surface area contributed by atoms with Gasteiger partial charge in [-0.2, -0.15) is 0 Å². The Bertz CT molecular complexity index is 1500. The Labute approximate surface area is 326 Å². The number of urea groups is 1. The van der Waals surface area contributed by atoms with E-state index in [1.165, 1.54) is 15.9 Å². The van der Waals surface area contributed by atoms with Gasteiger partial charge in [-0.3, -0.25) is 33.7 Å². The van der Waals surface area contributed by atoms with Crippen LogP contribution in [0, 0.1) is 28.1 Å². The SMILES string of the molecule is C=CCNC(=O)C(=O)C(CC1CC1)NC(=O)[C@@H]1C[C@@H](C=C)CN1C(=O)[C@@H](NC(=O)N[C@H](CN1C(=O)CC2(CCCC2)CC1=O)C(C)(C)C)C1(C)CCCCC1. The summed E-state index contributed by atoms with van der Waals surface area (Å²) in [4.78, 5) is 98.4. The number of nitrogens with one attached hydrogen (secondary N) is 4. The Morgan fingerprint density at radius 1 is 0.891 bits per heavy atom. The minimum absolute atomic E-state index is 0.0300. The molecule has 304 valence electrons. The number of carbonyl (C=O) groups is 7. The van der Waals surface area contributed by atoms with Crippen LogP contribution < -0.4 is 21.3 Å². The van der Waals surface area contributed by atoms with Gasteiger partial charge in [0, 0.05) is 32.5 Å². The minimum Gasteiger partial charge on any atom is -0.346 e. The number of piperidine rings is 1. The Balaban J connectivity index is 1.34. The number of hydrogen-bond donors (Lipinski definition) is 4. The maximum absolute atomic E-state index is 14.8. The van der Waals surface area contributed by atoms with E-state index in [0.29, 0.717) is 32.1 Å². The van der Waals surface area contributed by atoms with Crippen LogP contribution in [-0.4, -0.2) is 95.0 Å². The molecule has 13 nitrogen and oxygen atoms in total. The Morgan fingerprint density at radius 3 is 2.07 bits per heavy atom. The van der Waals surface area contributed by atoms with E-state index in [9.17, 15) is 33.6 Å². The van der Waals surface area contributed by atoms with Crippen molar-refractivity contribution in [1.82, 2.24) is 31.1 Å². The highest BCUT2D eigenvalue weighted by Crippen LogP contribution is 2.47. The maximum atomic E-state index is 14.8. The topological polar surface area (TPSA) is 174 Å². The van der Waals surface area contributed by atoms with Gasteiger partial charge in [0.05, 0.1) is 12.1 Å². The molecule has 5 atom stereocenters. The zero-order valence-corrected chi connectivity index (χ0v) is 33.5. The predicted octanol–water partition coefficient (Wildman–Crippen LogP) is 4.31. The maximum Gasteiger partial charge on any atom is 0.315 e. The number of Topliss-reactive ketones (excluding diaryl/α,β-unsaturated/α-hetero) is 1. The summed E-state index contributed by atoms with van der Waals surface area (Å²) in [6, 6.07) is -4.15. The summed E-state index contributed by atoms with van der Waals surface area (Å²) in [5, 5.41) is 11.4. The fourth-order valence-electron chi connectivity index (χ4n) is 9.24. The zero-order chi connectivity index (χ0) is 40.1. The Kier molecular flexibility index (Phi) is 13.3. The van der Waals surface area contributed by atoms with Crippen molar-refractivity contribution in [3.05, 3.63) is 25.3 Å². The van der Waals surface area contributed by atoms with Gasteiger partial charge in [0.15, 0.2) is 0 Å². The summed E-state index contributed by atoms with van der Waals surface area (Å²) in [5.74, 6) is -2.82. The molecule has 55 heavy (non-hydrogen) atoms. The second-order valence-electron chi connectivity index (χ2n) is 18.5. The molecule has 5 fully saturated rings. The zero-order valence-electron chi connectivity index (χ0n) is 33.5. The van der Waals surface area contributed by atoms with E-state index in [-0.39, 0.29) is 55.1 Å². The van der Waals surface area contributed by atoms with Crippen LogP contribution in [0.1, 0.15) is 124 Å². The van der Waals surface area contributed by atoms with Crippen molar-refractivity contribution in [3.63, 3.8) is 0 Å². The molecule has 0 bridgehead atoms. The van der Waals surface area contributed by atoms with Gasteiger partial charge >= 0.3 is 6.03 Å². The van der Waals surface area contributed by atoms with Gasteiger partial charge in [-0.25, -0.2) is 4.79 Å². The van der Waals surface area contributed by atoms with Crippen LogP contribution in [0.5, 0.6) is 0 Å². The van der Waals surface area contributed by atoms with E-state index in [2.05, 4.69) is 34.4 Å². The van der Waals surface area contributed by atoms with Gasteiger partial charge in [-0.1, -0.05) is 84.8 Å². The van der Waals surface area contributed by atoms with E-state index in [1.54, 1.807) is 6.08 Å². The summed E-state index contributed by atoms with van der Waals surface area (Å²) in [5.41, 5.74) is -1.39. The van der Waals surface area contributed by atoms with Crippen LogP contribution in [0.3, 0.4) is 0 Å². The average Bonchev–Trinajstić information content (AvgIpc) is 3.66. The smallest absolute Gasteiger partial charge is 0.315 e. The highest BCUT2D eigenvalue weighted by atomic mass is 16.2. The van der Waals surface area contributed by atoms with Crippen molar-refractivity contribution in [2.24, 2.45) is 28.1 Å². The van der Waals surface area contributed by atoms with Crippen LogP contribution >= 0.6 is 0 Å². The highest BCUT2D eigenvalue weighted by molar-refractivity contribution is 6.38. The first-order valence-electron chi connectivity index (χ1n) is 20.6. The summed E-state index contributed by atoms with van der Waals surface area (Å²) in [6.45, 7) is 15.7. The number of amides is 7. The van der Waals surface area contributed by atoms with Gasteiger partial charge in [-0.15, -0.1) is 13.2 Å². The number of nitrogens with zero attached hydrogens (tertiary/aromatic N) is 2. The third kappa shape index (κ3) is 10.2. The van der Waals surface area contributed by atoms with Crippen LogP contribution in [-0.2, 0) is 28.8 Å². The third-order valence-electron chi connectivity index (χ3n) is 13.0. The first-order chi connectivity index (χ1) is 26.0. The first kappa shape index (κ1) is 42.1. The molecule has 5 aliphatic rings. The van der Waals surface area contributed by atoms with Crippen LogP contribution in [0.25, 0.3) is 0 Å². The molecule has 2 saturated heterocycles. The van der Waals surface area contributed by atoms with Gasteiger partial charge in [0.2, 0.25) is 29.4 Å². The lowest BCUT2D eigenvalue weighted by Gasteiger charge is -2.43. The average molecular weight is 765 g/mol. The van der Waals surface area contributed by atoms with Gasteiger partial charge in [-0.05, 0) is 66.6 Å². The molecule has 1 unspecified atom stereocenters. The fraction of sp³-hybridized carbons (Fsp3) is 0.738. The fourth-order valence-corrected chi connectivity index (χ4v) is 9.24. The lowest BCUT2D eigenvalue weighted by atomic mass is 9.70. The van der Waals surface area contributed by atoms with Crippen molar-refractivity contribution in [2.75, 3.05) is 19.6 Å². The number of likely N-dealkylation sites (tertiary alicyclic amines) is 2. The van der Waals surface area contributed by atoms with Crippen molar-refractivity contribution < 1.29 is 33.6 Å². The largest absolute Gasteiger partial charge is 0.346 e. The van der Waals surface area contributed by atoms with Gasteiger partial charge in [0.25, 0.3) is 5.91 Å². The van der Waals surface area contributed by atoms with E-state index < -0.39 is 64.5 Å². The lowest BCUT2D eigenvalue weighted by Crippen LogP contribution is -2.63. The van der Waals surface area contributed by atoms with E-state index >= 15 is 0 Å². The van der Waals surface area contributed by atoms with Crippen molar-refractivity contribution in [1.29, 1.82) is 0 Å². The molecule has 0 aromatic carbocycles. The third-order valence-corrected chi connectivity index (χ3v) is 13.0. The molecule has 4 N–H and O–H groups in total. The van der Waals surface area contributed by atoms with Crippen molar-refractivity contribution >= 4 is 41.4 Å². The highest BCUT2D eigenvalue weighted by Gasteiger charge is 2.49. The first-order valence-corrected chi connectivity index (χ1v) is 20.6. The second-order valence-corrected chi connectivity index (χ2v) is 18.5. The molecule has 0 aromatic rings. The quantitative estimate of drug-likeness (QED) is 0.109. The molecule has 3 aliphatic carbocycles.